The first-order valence-corrected chi connectivity index (χ1v) is 6.23. The number of aromatic amines is 1. The lowest BCUT2D eigenvalue weighted by molar-refractivity contribution is 0.607. The van der Waals surface area contributed by atoms with Crippen LogP contribution in [0.2, 0.25) is 0 Å². The van der Waals surface area contributed by atoms with E-state index in [-0.39, 0.29) is 0 Å². The average molecular weight is 232 g/mol. The molecule has 1 aromatic carbocycles. The number of nitrogens with one attached hydrogen (secondary N) is 3. The standard InChI is InChI=1S/C13H20N4/c1-2-5-14-6-7-15-9-11-3-4-12-10-16-17-13(12)8-11/h3-4,8,10,14-15H,2,5-7,9H2,1H3,(H,16,17). The molecule has 0 unspecified atom stereocenters. The van der Waals surface area contributed by atoms with Crippen LogP contribution < -0.4 is 10.6 Å². The second-order valence-corrected chi connectivity index (χ2v) is 4.22. The minimum absolute atomic E-state index is 0.906. The van der Waals surface area contributed by atoms with Crippen LogP contribution in [-0.4, -0.2) is 29.8 Å². The van der Waals surface area contributed by atoms with Crippen LogP contribution in [0.25, 0.3) is 10.9 Å². The first kappa shape index (κ1) is 12.1. The predicted molar refractivity (Wildman–Crippen MR) is 71.0 cm³/mol. The first-order valence-electron chi connectivity index (χ1n) is 6.23. The summed E-state index contributed by atoms with van der Waals surface area (Å²) in [4.78, 5) is 0. The third kappa shape index (κ3) is 3.54. The molecule has 0 amide bonds. The third-order valence-electron chi connectivity index (χ3n) is 2.74. The molecule has 0 saturated carbocycles. The van der Waals surface area contributed by atoms with E-state index in [2.05, 4.69) is 46.0 Å². The summed E-state index contributed by atoms with van der Waals surface area (Å²) in [6, 6.07) is 6.39. The molecule has 3 N–H and O–H groups in total. The molecule has 0 aliphatic carbocycles. The Morgan fingerprint density at radius 3 is 2.94 bits per heavy atom. The van der Waals surface area contributed by atoms with Crippen LogP contribution in [0, 0.1) is 0 Å². The fraction of sp³-hybridized carbons (Fsp3) is 0.462. The molecule has 0 saturated heterocycles. The molecule has 0 bridgehead atoms. The molecule has 92 valence electrons. The highest BCUT2D eigenvalue weighted by molar-refractivity contribution is 5.78. The molecule has 0 spiro atoms. The summed E-state index contributed by atoms with van der Waals surface area (Å²) in [5.74, 6) is 0. The van der Waals surface area contributed by atoms with Crippen LogP contribution in [0.4, 0.5) is 0 Å². The Kier molecular flexibility index (Phi) is 4.53. The van der Waals surface area contributed by atoms with Crippen molar-refractivity contribution in [2.75, 3.05) is 19.6 Å². The van der Waals surface area contributed by atoms with Gasteiger partial charge in [0.05, 0.1) is 11.7 Å². The van der Waals surface area contributed by atoms with Crippen LogP contribution in [0.3, 0.4) is 0 Å². The van der Waals surface area contributed by atoms with Crippen molar-refractivity contribution in [3.8, 4) is 0 Å². The van der Waals surface area contributed by atoms with E-state index in [1.165, 1.54) is 17.4 Å². The Balaban J connectivity index is 1.75. The van der Waals surface area contributed by atoms with Gasteiger partial charge in [0.2, 0.25) is 0 Å². The van der Waals surface area contributed by atoms with Gasteiger partial charge < -0.3 is 10.6 Å². The van der Waals surface area contributed by atoms with E-state index in [0.717, 1.165) is 31.7 Å². The lowest BCUT2D eigenvalue weighted by Crippen LogP contribution is -2.27. The van der Waals surface area contributed by atoms with Gasteiger partial charge in [0.1, 0.15) is 0 Å². The number of nitrogens with zero attached hydrogens (tertiary/aromatic N) is 1. The fourth-order valence-electron chi connectivity index (χ4n) is 1.81. The summed E-state index contributed by atoms with van der Waals surface area (Å²) in [6.45, 7) is 6.21. The zero-order valence-corrected chi connectivity index (χ0v) is 10.3. The molecule has 2 rings (SSSR count). The summed E-state index contributed by atoms with van der Waals surface area (Å²) < 4.78 is 0. The summed E-state index contributed by atoms with van der Waals surface area (Å²) >= 11 is 0. The second kappa shape index (κ2) is 6.37. The van der Waals surface area contributed by atoms with Crippen molar-refractivity contribution in [3.63, 3.8) is 0 Å². The topological polar surface area (TPSA) is 52.7 Å². The van der Waals surface area contributed by atoms with Gasteiger partial charge in [0.25, 0.3) is 0 Å². The van der Waals surface area contributed by atoms with Crippen LogP contribution in [-0.2, 0) is 6.54 Å². The molecule has 0 atom stereocenters. The van der Waals surface area contributed by atoms with Crippen LogP contribution >= 0.6 is 0 Å². The zero-order chi connectivity index (χ0) is 11.9. The monoisotopic (exact) mass is 232 g/mol. The predicted octanol–water partition coefficient (Wildman–Crippen LogP) is 1.65. The van der Waals surface area contributed by atoms with Gasteiger partial charge in [-0.05, 0) is 24.6 Å². The Morgan fingerprint density at radius 1 is 1.18 bits per heavy atom. The van der Waals surface area contributed by atoms with Gasteiger partial charge in [-0.25, -0.2) is 0 Å². The van der Waals surface area contributed by atoms with Gasteiger partial charge in [-0.2, -0.15) is 5.10 Å². The first-order chi connectivity index (χ1) is 8.40. The lowest BCUT2D eigenvalue weighted by Gasteiger charge is -2.06. The molecule has 4 nitrogen and oxygen atoms in total. The molecule has 17 heavy (non-hydrogen) atoms. The highest BCUT2D eigenvalue weighted by atomic mass is 15.1. The van der Waals surface area contributed by atoms with Gasteiger partial charge in [-0.15, -0.1) is 0 Å². The zero-order valence-electron chi connectivity index (χ0n) is 10.3. The molecule has 0 aliphatic heterocycles. The third-order valence-corrected chi connectivity index (χ3v) is 2.74. The summed E-state index contributed by atoms with van der Waals surface area (Å²) in [7, 11) is 0. The van der Waals surface area contributed by atoms with E-state index in [0.29, 0.717) is 0 Å². The van der Waals surface area contributed by atoms with Gasteiger partial charge in [0, 0.05) is 25.0 Å². The number of rotatable bonds is 7. The maximum Gasteiger partial charge on any atom is 0.0653 e. The number of benzene rings is 1. The van der Waals surface area contributed by atoms with Crippen LogP contribution in [0.5, 0.6) is 0 Å². The number of fused-ring (bicyclic) bond motifs is 1. The molecular formula is C13H20N4. The molecule has 1 heterocycles. The Labute approximate surface area is 102 Å². The molecule has 0 fully saturated rings. The van der Waals surface area contributed by atoms with Crippen LogP contribution in [0.15, 0.2) is 24.4 Å². The molecule has 4 heteroatoms. The number of hydrogen-bond donors (Lipinski definition) is 3. The molecule has 1 aromatic heterocycles. The van der Waals surface area contributed by atoms with Gasteiger partial charge in [-0.3, -0.25) is 5.10 Å². The van der Waals surface area contributed by atoms with Crippen molar-refractivity contribution in [2.45, 2.75) is 19.9 Å². The van der Waals surface area contributed by atoms with E-state index in [1.807, 2.05) is 6.20 Å². The van der Waals surface area contributed by atoms with E-state index < -0.39 is 0 Å². The molecule has 0 radical (unpaired) electrons. The molecular weight excluding hydrogens is 212 g/mol. The van der Waals surface area contributed by atoms with Crippen molar-refractivity contribution >= 4 is 10.9 Å². The van der Waals surface area contributed by atoms with E-state index >= 15 is 0 Å². The van der Waals surface area contributed by atoms with E-state index in [4.69, 9.17) is 0 Å². The lowest BCUT2D eigenvalue weighted by atomic mass is 10.2. The summed E-state index contributed by atoms with van der Waals surface area (Å²) in [6.07, 6.45) is 3.04. The summed E-state index contributed by atoms with van der Waals surface area (Å²) in [5.41, 5.74) is 2.39. The minimum atomic E-state index is 0.906. The van der Waals surface area contributed by atoms with Crippen molar-refractivity contribution in [1.29, 1.82) is 0 Å². The van der Waals surface area contributed by atoms with E-state index in [1.54, 1.807) is 0 Å². The van der Waals surface area contributed by atoms with E-state index in [9.17, 15) is 0 Å². The second-order valence-electron chi connectivity index (χ2n) is 4.22. The average Bonchev–Trinajstić information content (AvgIpc) is 2.81. The van der Waals surface area contributed by atoms with Crippen molar-refractivity contribution in [1.82, 2.24) is 20.8 Å². The maximum atomic E-state index is 4.02. The maximum absolute atomic E-state index is 4.02. The van der Waals surface area contributed by atoms with Crippen molar-refractivity contribution in [3.05, 3.63) is 30.0 Å². The molecule has 0 aliphatic rings. The number of aromatic nitrogens is 2. The van der Waals surface area contributed by atoms with Gasteiger partial charge in [-0.1, -0.05) is 19.1 Å². The van der Waals surface area contributed by atoms with Crippen LogP contribution in [0.1, 0.15) is 18.9 Å². The molecule has 2 aromatic rings. The Morgan fingerprint density at radius 2 is 2.06 bits per heavy atom. The quantitative estimate of drug-likeness (QED) is 0.636. The largest absolute Gasteiger partial charge is 0.315 e. The van der Waals surface area contributed by atoms with Crippen molar-refractivity contribution < 1.29 is 0 Å². The SMILES string of the molecule is CCCNCCNCc1ccc2cn[nH]c2c1. The minimum Gasteiger partial charge on any atom is -0.315 e. The highest BCUT2D eigenvalue weighted by Crippen LogP contribution is 2.12. The smallest absolute Gasteiger partial charge is 0.0653 e. The Hall–Kier alpha value is -1.39. The number of hydrogen-bond acceptors (Lipinski definition) is 3. The summed E-state index contributed by atoms with van der Waals surface area (Å²) in [5, 5.41) is 15.0. The number of H-pyrrole nitrogens is 1. The highest BCUT2D eigenvalue weighted by Gasteiger charge is 1.97. The van der Waals surface area contributed by atoms with Crippen molar-refractivity contribution in [2.24, 2.45) is 0 Å². The normalized spacial score (nSPS) is 11.1. The van der Waals surface area contributed by atoms with Gasteiger partial charge in [0.15, 0.2) is 0 Å². The Bertz CT molecular complexity index is 449. The van der Waals surface area contributed by atoms with Gasteiger partial charge >= 0.3 is 0 Å². The fourth-order valence-corrected chi connectivity index (χ4v) is 1.81.